The fourth-order valence-electron chi connectivity index (χ4n) is 2.99. The van der Waals surface area contributed by atoms with Crippen LogP contribution in [0.1, 0.15) is 12.6 Å². The summed E-state index contributed by atoms with van der Waals surface area (Å²) in [7, 11) is 0. The molecule has 2 atom stereocenters. The van der Waals surface area contributed by atoms with Gasteiger partial charge in [0.25, 0.3) is 0 Å². The highest BCUT2D eigenvalue weighted by Gasteiger charge is 2.48. The molecule has 122 valence electrons. The molecule has 1 saturated heterocycles. The summed E-state index contributed by atoms with van der Waals surface area (Å²) in [5.74, 6) is -0.607. The number of para-hydroxylation sites is 1. The van der Waals surface area contributed by atoms with Crippen LogP contribution < -0.4 is 16.0 Å². The lowest BCUT2D eigenvalue weighted by atomic mass is 9.96. The molecule has 0 aliphatic carbocycles. The summed E-state index contributed by atoms with van der Waals surface area (Å²) in [6.45, 7) is 1.92. The van der Waals surface area contributed by atoms with Gasteiger partial charge in [-0.25, -0.2) is 14.7 Å². The van der Waals surface area contributed by atoms with Crippen molar-refractivity contribution < 1.29 is 9.59 Å². The minimum absolute atomic E-state index is 0.210. The molecular weight excluding hydrogens is 344 g/mol. The van der Waals surface area contributed by atoms with E-state index < -0.39 is 11.9 Å². The highest BCUT2D eigenvalue weighted by Crippen LogP contribution is 2.48. The van der Waals surface area contributed by atoms with Crippen LogP contribution in [0.5, 0.6) is 0 Å². The van der Waals surface area contributed by atoms with Gasteiger partial charge in [-0.3, -0.25) is 4.79 Å². The maximum absolute atomic E-state index is 13.0. The number of amides is 3. The van der Waals surface area contributed by atoms with E-state index in [1.165, 1.54) is 28.0 Å². The maximum Gasteiger partial charge on any atom is 0.329 e. The summed E-state index contributed by atoms with van der Waals surface area (Å²) < 4.78 is 0. The first kappa shape index (κ1) is 15.2. The number of aromatic nitrogens is 1. The van der Waals surface area contributed by atoms with Crippen LogP contribution in [0.2, 0.25) is 0 Å². The Morgan fingerprint density at radius 1 is 1.25 bits per heavy atom. The van der Waals surface area contributed by atoms with Crippen molar-refractivity contribution in [3.63, 3.8) is 0 Å². The number of nitrogens with two attached hydrogens (primary N) is 1. The summed E-state index contributed by atoms with van der Waals surface area (Å²) >= 11 is 2.82. The van der Waals surface area contributed by atoms with Gasteiger partial charge in [-0.15, -0.1) is 11.3 Å². The number of thiazole rings is 1. The van der Waals surface area contributed by atoms with Gasteiger partial charge in [0.2, 0.25) is 5.91 Å². The number of carbonyl (C=O) groups is 2. The number of anilines is 2. The predicted molar refractivity (Wildman–Crippen MR) is 96.4 cm³/mol. The third kappa shape index (κ3) is 2.30. The molecule has 3 amide bonds. The van der Waals surface area contributed by atoms with Crippen LogP contribution in [-0.2, 0) is 4.79 Å². The monoisotopic (exact) mass is 358 g/mol. The zero-order valence-electron chi connectivity index (χ0n) is 12.7. The second-order valence-corrected chi connectivity index (χ2v) is 7.60. The molecule has 4 rings (SSSR count). The van der Waals surface area contributed by atoms with Gasteiger partial charge < -0.3 is 11.1 Å². The standard InChI is InChI=1S/C16H14N4O2S2/c1-8-11-13(24-12(8)10-7-23-15(17)18-10)19-16(22)20(14(11)21)9-5-3-2-4-6-9/h2-7,11,13H,1H3,(H2,17,18)(H,19,22). The largest absolute Gasteiger partial charge is 0.375 e. The lowest BCUT2D eigenvalue weighted by molar-refractivity contribution is -0.121. The van der Waals surface area contributed by atoms with E-state index in [4.69, 9.17) is 5.73 Å². The van der Waals surface area contributed by atoms with Crippen molar-refractivity contribution >= 4 is 50.8 Å². The Labute approximate surface area is 146 Å². The lowest BCUT2D eigenvalue weighted by Gasteiger charge is -2.34. The number of imide groups is 1. The van der Waals surface area contributed by atoms with Gasteiger partial charge in [-0.2, -0.15) is 0 Å². The number of fused-ring (bicyclic) bond motifs is 1. The van der Waals surface area contributed by atoms with Crippen LogP contribution in [0.4, 0.5) is 15.6 Å². The molecule has 0 radical (unpaired) electrons. The summed E-state index contributed by atoms with van der Waals surface area (Å²) in [6.07, 6.45) is 0. The molecule has 1 aromatic carbocycles. The van der Waals surface area contributed by atoms with Gasteiger partial charge in [0.1, 0.15) is 0 Å². The number of nitrogens with zero attached hydrogens (tertiary/aromatic N) is 2. The molecule has 6 nitrogen and oxygen atoms in total. The van der Waals surface area contributed by atoms with Crippen molar-refractivity contribution in [2.45, 2.75) is 12.3 Å². The SMILES string of the molecule is CC1=C(c2csc(N)n2)SC2NC(=O)N(c3ccccc3)C(=O)C12. The van der Waals surface area contributed by atoms with Crippen molar-refractivity contribution in [1.29, 1.82) is 0 Å². The first-order valence-electron chi connectivity index (χ1n) is 7.34. The number of rotatable bonds is 2. The normalized spacial score (nSPS) is 23.5. The van der Waals surface area contributed by atoms with Crippen LogP contribution >= 0.6 is 23.1 Å². The molecule has 1 fully saturated rings. The number of hydrogen-bond donors (Lipinski definition) is 2. The third-order valence-corrected chi connectivity index (χ3v) is 6.18. The van der Waals surface area contributed by atoms with Gasteiger partial charge in [0, 0.05) is 10.3 Å². The summed E-state index contributed by atoms with van der Waals surface area (Å²) in [5, 5.41) is 4.99. The van der Waals surface area contributed by atoms with Gasteiger partial charge in [0.15, 0.2) is 5.13 Å². The molecule has 0 saturated carbocycles. The van der Waals surface area contributed by atoms with E-state index in [-0.39, 0.29) is 11.3 Å². The van der Waals surface area contributed by atoms with Gasteiger partial charge >= 0.3 is 6.03 Å². The van der Waals surface area contributed by atoms with E-state index in [9.17, 15) is 9.59 Å². The van der Waals surface area contributed by atoms with Crippen molar-refractivity contribution in [2.75, 3.05) is 10.6 Å². The molecule has 2 aliphatic rings. The first-order valence-corrected chi connectivity index (χ1v) is 9.10. The number of urea groups is 1. The Morgan fingerprint density at radius 2 is 2.00 bits per heavy atom. The van der Waals surface area contributed by atoms with E-state index in [1.54, 1.807) is 24.3 Å². The fraction of sp³-hybridized carbons (Fsp3) is 0.188. The molecule has 3 heterocycles. The molecule has 2 aromatic rings. The summed E-state index contributed by atoms with van der Waals surface area (Å²) in [5.41, 5.74) is 7.97. The third-order valence-electron chi connectivity index (χ3n) is 4.10. The van der Waals surface area contributed by atoms with Crippen LogP contribution in [0, 0.1) is 5.92 Å². The number of nitrogens with one attached hydrogen (secondary N) is 1. The van der Waals surface area contributed by atoms with E-state index in [1.807, 2.05) is 18.4 Å². The van der Waals surface area contributed by atoms with Crippen LogP contribution in [0.15, 0.2) is 41.3 Å². The Kier molecular flexibility index (Phi) is 3.58. The summed E-state index contributed by atoms with van der Waals surface area (Å²) in [6, 6.07) is 8.56. The molecule has 2 aliphatic heterocycles. The second-order valence-electron chi connectivity index (χ2n) is 5.56. The zero-order chi connectivity index (χ0) is 16.8. The molecule has 3 N–H and O–H groups in total. The molecule has 24 heavy (non-hydrogen) atoms. The summed E-state index contributed by atoms with van der Waals surface area (Å²) in [4.78, 5) is 31.8. The Balaban J connectivity index is 1.72. The second kappa shape index (κ2) is 5.64. The zero-order valence-corrected chi connectivity index (χ0v) is 14.4. The Morgan fingerprint density at radius 3 is 2.67 bits per heavy atom. The number of benzene rings is 1. The Bertz CT molecular complexity index is 862. The average Bonchev–Trinajstić information content (AvgIpc) is 3.12. The molecular formula is C16H14N4O2S2. The minimum Gasteiger partial charge on any atom is -0.375 e. The van der Waals surface area contributed by atoms with Crippen molar-refractivity contribution in [3.05, 3.63) is 47.0 Å². The van der Waals surface area contributed by atoms with E-state index in [0.29, 0.717) is 10.8 Å². The van der Waals surface area contributed by atoms with Crippen LogP contribution in [0.25, 0.3) is 4.91 Å². The average molecular weight is 358 g/mol. The molecule has 0 bridgehead atoms. The molecule has 0 spiro atoms. The molecule has 8 heteroatoms. The maximum atomic E-state index is 13.0. The van der Waals surface area contributed by atoms with Crippen LogP contribution in [0.3, 0.4) is 0 Å². The quantitative estimate of drug-likeness (QED) is 0.862. The smallest absolute Gasteiger partial charge is 0.329 e. The highest BCUT2D eigenvalue weighted by molar-refractivity contribution is 8.09. The van der Waals surface area contributed by atoms with Crippen molar-refractivity contribution in [3.8, 4) is 0 Å². The van der Waals surface area contributed by atoms with Gasteiger partial charge in [-0.1, -0.05) is 30.0 Å². The number of nitrogen functional groups attached to an aromatic ring is 1. The van der Waals surface area contributed by atoms with E-state index >= 15 is 0 Å². The fourth-order valence-corrected chi connectivity index (χ4v) is 5.02. The lowest BCUT2D eigenvalue weighted by Crippen LogP contribution is -2.58. The van der Waals surface area contributed by atoms with Crippen molar-refractivity contribution in [1.82, 2.24) is 10.3 Å². The number of hydrogen-bond acceptors (Lipinski definition) is 6. The van der Waals surface area contributed by atoms with Crippen molar-refractivity contribution in [2.24, 2.45) is 5.92 Å². The topological polar surface area (TPSA) is 88.3 Å². The molecule has 2 unspecified atom stereocenters. The highest BCUT2D eigenvalue weighted by atomic mass is 32.2. The Hall–Kier alpha value is -2.32. The predicted octanol–water partition coefficient (Wildman–Crippen LogP) is 2.90. The van der Waals surface area contributed by atoms with Gasteiger partial charge in [0.05, 0.1) is 22.7 Å². The number of carbonyl (C=O) groups excluding carboxylic acids is 2. The van der Waals surface area contributed by atoms with E-state index in [2.05, 4.69) is 10.3 Å². The number of thioether (sulfide) groups is 1. The van der Waals surface area contributed by atoms with E-state index in [0.717, 1.165) is 16.2 Å². The minimum atomic E-state index is -0.397. The molecule has 1 aromatic heterocycles. The van der Waals surface area contributed by atoms with Gasteiger partial charge in [-0.05, 0) is 24.6 Å². The van der Waals surface area contributed by atoms with Crippen LogP contribution in [-0.4, -0.2) is 22.3 Å². The first-order chi connectivity index (χ1) is 11.6.